The SMILES string of the molecule is O[C@H]1[C@H](N2CC=CCC2)c2ccccc2C12CCN(Cc1ccsc1)CC2. The molecule has 0 amide bonds. The van der Waals surface area contributed by atoms with E-state index >= 15 is 0 Å². The number of aliphatic hydroxyl groups is 1. The van der Waals surface area contributed by atoms with E-state index in [2.05, 4.69) is 63.0 Å². The van der Waals surface area contributed by atoms with Crippen molar-refractivity contribution in [1.29, 1.82) is 0 Å². The average Bonchev–Trinajstić information content (AvgIpc) is 3.30. The molecule has 3 heterocycles. The van der Waals surface area contributed by atoms with Gasteiger partial charge in [0.05, 0.1) is 12.1 Å². The van der Waals surface area contributed by atoms with E-state index in [0.29, 0.717) is 0 Å². The Kier molecular flexibility index (Phi) is 4.68. The van der Waals surface area contributed by atoms with Crippen LogP contribution < -0.4 is 0 Å². The van der Waals surface area contributed by atoms with E-state index in [0.717, 1.165) is 52.0 Å². The summed E-state index contributed by atoms with van der Waals surface area (Å²) in [5, 5.41) is 16.0. The quantitative estimate of drug-likeness (QED) is 0.817. The summed E-state index contributed by atoms with van der Waals surface area (Å²) >= 11 is 1.78. The topological polar surface area (TPSA) is 26.7 Å². The summed E-state index contributed by atoms with van der Waals surface area (Å²) in [5.41, 5.74) is 4.12. The number of rotatable bonds is 3. The van der Waals surface area contributed by atoms with E-state index in [1.807, 2.05) is 0 Å². The molecule has 27 heavy (non-hydrogen) atoms. The highest BCUT2D eigenvalue weighted by Gasteiger charge is 2.53. The first-order valence-electron chi connectivity index (χ1n) is 10.2. The standard InChI is InChI=1S/C23H28N2OS/c26-22-21(25-11-4-1-5-12-25)19-6-2-3-7-20(19)23(22)9-13-24(14-10-23)16-18-8-15-27-17-18/h1-4,6-8,15,17,21-22,26H,5,9-14,16H2/t21-,22+/m1/s1. The van der Waals surface area contributed by atoms with Crippen LogP contribution in [0.15, 0.2) is 53.2 Å². The monoisotopic (exact) mass is 380 g/mol. The fourth-order valence-corrected chi connectivity index (χ4v) is 6.12. The minimum atomic E-state index is -0.301. The van der Waals surface area contributed by atoms with Crippen LogP contribution in [0.3, 0.4) is 0 Å². The van der Waals surface area contributed by atoms with Gasteiger partial charge in [0.2, 0.25) is 0 Å². The first-order valence-corrected chi connectivity index (χ1v) is 11.1. The summed E-state index contributed by atoms with van der Waals surface area (Å²) in [6.07, 6.45) is 7.41. The summed E-state index contributed by atoms with van der Waals surface area (Å²) in [7, 11) is 0. The first kappa shape index (κ1) is 17.6. The smallest absolute Gasteiger partial charge is 0.0834 e. The van der Waals surface area contributed by atoms with Crippen molar-refractivity contribution < 1.29 is 5.11 Å². The average molecular weight is 381 g/mol. The number of piperidine rings is 1. The molecule has 0 radical (unpaired) electrons. The van der Waals surface area contributed by atoms with Gasteiger partial charge in [0, 0.05) is 25.0 Å². The Hall–Kier alpha value is -1.46. The summed E-state index contributed by atoms with van der Waals surface area (Å²) < 4.78 is 0. The molecule has 142 valence electrons. The molecule has 1 aromatic carbocycles. The third-order valence-electron chi connectivity index (χ3n) is 6.90. The van der Waals surface area contributed by atoms with E-state index in [9.17, 15) is 5.11 Å². The van der Waals surface area contributed by atoms with Crippen LogP contribution in [0.2, 0.25) is 0 Å². The van der Waals surface area contributed by atoms with Gasteiger partial charge in [-0.3, -0.25) is 9.80 Å². The van der Waals surface area contributed by atoms with Gasteiger partial charge in [-0.15, -0.1) is 0 Å². The lowest BCUT2D eigenvalue weighted by Crippen LogP contribution is -2.49. The van der Waals surface area contributed by atoms with Crippen molar-refractivity contribution in [3.05, 3.63) is 69.9 Å². The summed E-state index contributed by atoms with van der Waals surface area (Å²) in [4.78, 5) is 5.04. The highest BCUT2D eigenvalue weighted by molar-refractivity contribution is 7.07. The number of nitrogens with zero attached hydrogens (tertiary/aromatic N) is 2. The predicted octanol–water partition coefficient (Wildman–Crippen LogP) is 3.96. The van der Waals surface area contributed by atoms with Gasteiger partial charge in [-0.25, -0.2) is 0 Å². The number of fused-ring (bicyclic) bond motifs is 2. The maximum Gasteiger partial charge on any atom is 0.0834 e. The molecular formula is C23H28N2OS. The van der Waals surface area contributed by atoms with Gasteiger partial charge in [-0.1, -0.05) is 36.4 Å². The lowest BCUT2D eigenvalue weighted by Gasteiger charge is -2.44. The highest BCUT2D eigenvalue weighted by Crippen LogP contribution is 2.53. The number of benzene rings is 1. The molecule has 0 unspecified atom stereocenters. The first-order chi connectivity index (χ1) is 13.3. The number of thiophene rings is 1. The van der Waals surface area contributed by atoms with Crippen LogP contribution in [0.1, 0.15) is 42.0 Å². The molecule has 5 rings (SSSR count). The van der Waals surface area contributed by atoms with Crippen LogP contribution in [0.4, 0.5) is 0 Å². The third-order valence-corrected chi connectivity index (χ3v) is 7.63. The summed E-state index contributed by atoms with van der Waals surface area (Å²) in [6.45, 7) is 5.17. The molecule has 1 aromatic heterocycles. The van der Waals surface area contributed by atoms with E-state index in [4.69, 9.17) is 0 Å². The van der Waals surface area contributed by atoms with Gasteiger partial charge in [0.25, 0.3) is 0 Å². The van der Waals surface area contributed by atoms with Crippen LogP contribution in [0, 0.1) is 0 Å². The Balaban J connectivity index is 1.40. The normalized spacial score (nSPS) is 27.9. The number of aliphatic hydroxyl groups excluding tert-OH is 1. The minimum Gasteiger partial charge on any atom is -0.390 e. The zero-order valence-electron chi connectivity index (χ0n) is 15.8. The maximum absolute atomic E-state index is 11.6. The lowest BCUT2D eigenvalue weighted by molar-refractivity contribution is -0.0140. The van der Waals surface area contributed by atoms with Gasteiger partial charge < -0.3 is 5.11 Å². The minimum absolute atomic E-state index is 0.0758. The Morgan fingerprint density at radius 3 is 2.67 bits per heavy atom. The van der Waals surface area contributed by atoms with Gasteiger partial charge in [-0.05, 0) is 65.9 Å². The van der Waals surface area contributed by atoms with Gasteiger partial charge in [0.1, 0.15) is 0 Å². The van der Waals surface area contributed by atoms with Gasteiger partial charge >= 0.3 is 0 Å². The van der Waals surface area contributed by atoms with Crippen LogP contribution in [0.25, 0.3) is 0 Å². The van der Waals surface area contributed by atoms with Crippen LogP contribution >= 0.6 is 11.3 Å². The number of hydrogen-bond acceptors (Lipinski definition) is 4. The van der Waals surface area contributed by atoms with Crippen molar-refractivity contribution in [2.45, 2.75) is 43.4 Å². The van der Waals surface area contributed by atoms with Gasteiger partial charge in [0.15, 0.2) is 0 Å². The second kappa shape index (κ2) is 7.17. The van der Waals surface area contributed by atoms with E-state index in [-0.39, 0.29) is 17.6 Å². The second-order valence-corrected chi connectivity index (χ2v) is 9.08. The molecule has 2 atom stereocenters. The molecule has 2 aliphatic heterocycles. The van der Waals surface area contributed by atoms with Crippen molar-refractivity contribution in [2.24, 2.45) is 0 Å². The fourth-order valence-electron chi connectivity index (χ4n) is 5.46. The fraction of sp³-hybridized carbons (Fsp3) is 0.478. The molecule has 0 saturated carbocycles. The third kappa shape index (κ3) is 2.99. The Bertz CT molecular complexity index is 808. The molecule has 0 bridgehead atoms. The molecule has 1 saturated heterocycles. The van der Waals surface area contributed by atoms with Crippen LogP contribution in [-0.2, 0) is 12.0 Å². The largest absolute Gasteiger partial charge is 0.390 e. The maximum atomic E-state index is 11.6. The van der Waals surface area contributed by atoms with E-state index < -0.39 is 0 Å². The second-order valence-electron chi connectivity index (χ2n) is 8.30. The molecule has 3 aliphatic rings. The molecule has 4 heteroatoms. The van der Waals surface area contributed by atoms with Crippen molar-refractivity contribution >= 4 is 11.3 Å². The molecule has 3 nitrogen and oxygen atoms in total. The summed E-state index contributed by atoms with van der Waals surface area (Å²) in [6, 6.07) is 11.2. The van der Waals surface area contributed by atoms with Crippen LogP contribution in [0.5, 0.6) is 0 Å². The highest BCUT2D eigenvalue weighted by atomic mass is 32.1. The Morgan fingerprint density at radius 1 is 1.07 bits per heavy atom. The van der Waals surface area contributed by atoms with Crippen molar-refractivity contribution in [2.75, 3.05) is 26.2 Å². The number of hydrogen-bond donors (Lipinski definition) is 1. The zero-order chi connectivity index (χ0) is 18.3. The number of likely N-dealkylation sites (tertiary alicyclic amines) is 1. The van der Waals surface area contributed by atoms with Crippen LogP contribution in [-0.4, -0.2) is 47.2 Å². The lowest BCUT2D eigenvalue weighted by atomic mass is 9.72. The molecule has 1 spiro atoms. The molecule has 1 N–H and O–H groups in total. The molecular weight excluding hydrogens is 352 g/mol. The predicted molar refractivity (Wildman–Crippen MR) is 111 cm³/mol. The van der Waals surface area contributed by atoms with E-state index in [1.165, 1.54) is 16.7 Å². The zero-order valence-corrected chi connectivity index (χ0v) is 16.6. The summed E-state index contributed by atoms with van der Waals surface area (Å²) in [5.74, 6) is 0. The van der Waals surface area contributed by atoms with Crippen molar-refractivity contribution in [1.82, 2.24) is 9.80 Å². The van der Waals surface area contributed by atoms with Crippen molar-refractivity contribution in [3.63, 3.8) is 0 Å². The van der Waals surface area contributed by atoms with E-state index in [1.54, 1.807) is 11.3 Å². The van der Waals surface area contributed by atoms with Crippen molar-refractivity contribution in [3.8, 4) is 0 Å². The van der Waals surface area contributed by atoms with Gasteiger partial charge in [-0.2, -0.15) is 11.3 Å². The molecule has 1 aliphatic carbocycles. The Labute approximate surface area is 165 Å². The molecule has 1 fully saturated rings. The molecule has 2 aromatic rings. The Morgan fingerprint density at radius 2 is 1.93 bits per heavy atom.